The first-order valence-corrected chi connectivity index (χ1v) is 11.5. The lowest BCUT2D eigenvalue weighted by Gasteiger charge is -2.31. The largest absolute Gasteiger partial charge is 0.337 e. The minimum Gasteiger partial charge on any atom is -0.337 e. The van der Waals surface area contributed by atoms with Crippen LogP contribution in [0.4, 0.5) is 4.39 Å². The Labute approximate surface area is 192 Å². The molecular weight excluding hydrogens is 419 g/mol. The molecule has 1 fully saturated rings. The van der Waals surface area contributed by atoms with Crippen LogP contribution in [0.2, 0.25) is 0 Å². The van der Waals surface area contributed by atoms with E-state index in [1.165, 1.54) is 11.6 Å². The molecule has 0 atom stereocenters. The second-order valence-electron chi connectivity index (χ2n) is 8.88. The number of aromatic nitrogens is 2. The van der Waals surface area contributed by atoms with E-state index in [2.05, 4.69) is 29.4 Å². The number of piperidine rings is 1. The summed E-state index contributed by atoms with van der Waals surface area (Å²) in [7, 11) is 0. The second kappa shape index (κ2) is 9.17. The quantitative estimate of drug-likeness (QED) is 0.600. The van der Waals surface area contributed by atoms with E-state index in [1.807, 2.05) is 11.0 Å². The van der Waals surface area contributed by atoms with Gasteiger partial charge < -0.3 is 9.80 Å². The Hall–Kier alpha value is -3.48. The molecule has 3 heterocycles. The van der Waals surface area contributed by atoms with Gasteiger partial charge in [-0.2, -0.15) is 5.10 Å². The summed E-state index contributed by atoms with van der Waals surface area (Å²) in [6.45, 7) is 2.52. The van der Waals surface area contributed by atoms with E-state index in [0.717, 1.165) is 19.3 Å². The van der Waals surface area contributed by atoms with E-state index in [9.17, 15) is 14.0 Å². The highest BCUT2D eigenvalue weighted by Crippen LogP contribution is 2.24. The number of rotatable bonds is 5. The van der Waals surface area contributed by atoms with Crippen molar-refractivity contribution in [3.63, 3.8) is 0 Å². The smallest absolute Gasteiger partial charge is 0.274 e. The standard InChI is InChI=1S/C26H27FN4O2/c27-22-9-5-4-8-21(22)18-30-14-15-31-24(26(30)33)17-23(28-31)25(32)29-12-10-20(11-13-29)16-19-6-2-1-3-7-19/h1-9,17,20H,10-16,18H2. The molecule has 2 aromatic carbocycles. The fraction of sp³-hybridized carbons (Fsp3) is 0.346. The molecule has 0 N–H and O–H groups in total. The SMILES string of the molecule is O=C(c1cc2n(n1)CCN(Cc1ccccc1F)C2=O)N1CCC(Cc2ccccc2)CC1. The zero-order chi connectivity index (χ0) is 22.8. The van der Waals surface area contributed by atoms with E-state index >= 15 is 0 Å². The van der Waals surface area contributed by atoms with Gasteiger partial charge >= 0.3 is 0 Å². The van der Waals surface area contributed by atoms with Crippen LogP contribution in [0.3, 0.4) is 0 Å². The maximum absolute atomic E-state index is 14.0. The summed E-state index contributed by atoms with van der Waals surface area (Å²) in [5.41, 5.74) is 2.52. The highest BCUT2D eigenvalue weighted by Gasteiger charge is 2.31. The summed E-state index contributed by atoms with van der Waals surface area (Å²) in [5.74, 6) is -0.0998. The van der Waals surface area contributed by atoms with Crippen molar-refractivity contribution in [2.75, 3.05) is 19.6 Å². The number of fused-ring (bicyclic) bond motifs is 1. The predicted molar refractivity (Wildman–Crippen MR) is 122 cm³/mol. The van der Waals surface area contributed by atoms with E-state index < -0.39 is 0 Å². The van der Waals surface area contributed by atoms with Crippen LogP contribution in [0.5, 0.6) is 0 Å². The van der Waals surface area contributed by atoms with E-state index in [0.29, 0.717) is 49.0 Å². The van der Waals surface area contributed by atoms with Crippen LogP contribution in [-0.4, -0.2) is 51.0 Å². The molecule has 2 aliphatic heterocycles. The van der Waals surface area contributed by atoms with Crippen LogP contribution in [-0.2, 0) is 19.5 Å². The average Bonchev–Trinajstić information content (AvgIpc) is 3.28. The zero-order valence-corrected chi connectivity index (χ0v) is 18.5. The number of carbonyl (C=O) groups is 2. The van der Waals surface area contributed by atoms with Gasteiger partial charge in [-0.1, -0.05) is 48.5 Å². The molecule has 3 aromatic rings. The minimum absolute atomic E-state index is 0.122. The molecule has 170 valence electrons. The Balaban J connectivity index is 1.22. The molecule has 33 heavy (non-hydrogen) atoms. The molecule has 7 heteroatoms. The monoisotopic (exact) mass is 446 g/mol. The average molecular weight is 447 g/mol. The molecule has 0 saturated carbocycles. The van der Waals surface area contributed by atoms with E-state index in [1.54, 1.807) is 33.8 Å². The number of benzene rings is 2. The van der Waals surface area contributed by atoms with Gasteiger partial charge in [0, 0.05) is 37.8 Å². The first-order chi connectivity index (χ1) is 16.1. The number of halogens is 1. The van der Waals surface area contributed by atoms with Crippen LogP contribution in [0.25, 0.3) is 0 Å². The lowest BCUT2D eigenvalue weighted by atomic mass is 9.90. The fourth-order valence-electron chi connectivity index (χ4n) is 4.78. The van der Waals surface area contributed by atoms with Gasteiger partial charge in [-0.3, -0.25) is 14.3 Å². The van der Waals surface area contributed by atoms with Gasteiger partial charge in [0.1, 0.15) is 11.5 Å². The maximum atomic E-state index is 14.0. The zero-order valence-electron chi connectivity index (χ0n) is 18.5. The molecule has 0 aliphatic carbocycles. The molecule has 2 aliphatic rings. The number of nitrogens with zero attached hydrogens (tertiary/aromatic N) is 4. The Morgan fingerprint density at radius 1 is 0.970 bits per heavy atom. The van der Waals surface area contributed by atoms with Crippen LogP contribution >= 0.6 is 0 Å². The van der Waals surface area contributed by atoms with E-state index in [4.69, 9.17) is 0 Å². The molecule has 1 saturated heterocycles. The summed E-state index contributed by atoms with van der Waals surface area (Å²) in [5, 5.41) is 4.43. The fourth-order valence-corrected chi connectivity index (χ4v) is 4.78. The molecule has 2 amide bonds. The van der Waals surface area contributed by atoms with Crippen molar-refractivity contribution in [3.8, 4) is 0 Å². The van der Waals surface area contributed by atoms with Crippen molar-refractivity contribution in [1.82, 2.24) is 19.6 Å². The summed E-state index contributed by atoms with van der Waals surface area (Å²) in [4.78, 5) is 29.5. The van der Waals surface area contributed by atoms with Crippen molar-refractivity contribution < 1.29 is 14.0 Å². The van der Waals surface area contributed by atoms with Gasteiger partial charge in [0.2, 0.25) is 0 Å². The molecule has 6 nitrogen and oxygen atoms in total. The molecule has 0 spiro atoms. The summed E-state index contributed by atoms with van der Waals surface area (Å²) in [6, 6.07) is 18.5. The van der Waals surface area contributed by atoms with Gasteiger partial charge in [0.05, 0.1) is 6.54 Å². The Kier molecular flexibility index (Phi) is 5.94. The first kappa shape index (κ1) is 21.4. The van der Waals surface area contributed by atoms with Gasteiger partial charge in [-0.05, 0) is 36.8 Å². The Morgan fingerprint density at radius 3 is 2.45 bits per heavy atom. The predicted octanol–water partition coefficient (Wildman–Crippen LogP) is 3.77. The highest BCUT2D eigenvalue weighted by molar-refractivity contribution is 5.98. The van der Waals surface area contributed by atoms with Crippen LogP contribution in [0.1, 0.15) is 44.9 Å². The summed E-state index contributed by atoms with van der Waals surface area (Å²) >= 11 is 0. The molecule has 5 rings (SSSR count). The number of carbonyl (C=O) groups excluding carboxylic acids is 2. The second-order valence-corrected chi connectivity index (χ2v) is 8.88. The van der Waals surface area contributed by atoms with Crippen molar-refractivity contribution >= 4 is 11.8 Å². The molecule has 0 unspecified atom stereocenters. The van der Waals surface area contributed by atoms with Crippen molar-refractivity contribution in [2.24, 2.45) is 5.92 Å². The van der Waals surface area contributed by atoms with Crippen LogP contribution < -0.4 is 0 Å². The summed E-state index contributed by atoms with van der Waals surface area (Å²) < 4.78 is 15.6. The van der Waals surface area contributed by atoms with Crippen LogP contribution in [0, 0.1) is 11.7 Å². The minimum atomic E-state index is -0.323. The highest BCUT2D eigenvalue weighted by atomic mass is 19.1. The lowest BCUT2D eigenvalue weighted by molar-refractivity contribution is 0.0669. The van der Waals surface area contributed by atoms with Gasteiger partial charge in [-0.25, -0.2) is 4.39 Å². The third-order valence-electron chi connectivity index (χ3n) is 6.68. The summed E-state index contributed by atoms with van der Waals surface area (Å²) in [6.07, 6.45) is 2.96. The van der Waals surface area contributed by atoms with Crippen molar-refractivity contribution in [2.45, 2.75) is 32.4 Å². The van der Waals surface area contributed by atoms with Crippen molar-refractivity contribution in [3.05, 3.63) is 89.0 Å². The molecule has 1 aromatic heterocycles. The molecular formula is C26H27FN4O2. The molecule has 0 bridgehead atoms. The Bertz CT molecular complexity index is 1150. The third-order valence-corrected chi connectivity index (χ3v) is 6.68. The number of hydrogen-bond donors (Lipinski definition) is 0. The Morgan fingerprint density at radius 2 is 1.70 bits per heavy atom. The maximum Gasteiger partial charge on any atom is 0.274 e. The van der Waals surface area contributed by atoms with Crippen molar-refractivity contribution in [1.29, 1.82) is 0 Å². The third kappa shape index (κ3) is 4.53. The normalized spacial score (nSPS) is 16.7. The molecule has 0 radical (unpaired) electrons. The lowest BCUT2D eigenvalue weighted by Crippen LogP contribution is -2.40. The van der Waals surface area contributed by atoms with Gasteiger partial charge in [0.15, 0.2) is 5.69 Å². The van der Waals surface area contributed by atoms with Crippen LogP contribution in [0.15, 0.2) is 60.7 Å². The first-order valence-electron chi connectivity index (χ1n) is 11.5. The van der Waals surface area contributed by atoms with Gasteiger partial charge in [-0.15, -0.1) is 0 Å². The topological polar surface area (TPSA) is 58.4 Å². The van der Waals surface area contributed by atoms with Gasteiger partial charge in [0.25, 0.3) is 11.8 Å². The number of likely N-dealkylation sites (tertiary alicyclic amines) is 1. The number of hydrogen-bond acceptors (Lipinski definition) is 3. The number of amides is 2. The van der Waals surface area contributed by atoms with E-state index in [-0.39, 0.29) is 24.2 Å².